The predicted octanol–water partition coefficient (Wildman–Crippen LogP) is -3.71. The van der Waals surface area contributed by atoms with Gasteiger partial charge in [-0.05, 0) is 6.92 Å². The molecule has 0 aliphatic rings. The van der Waals surface area contributed by atoms with E-state index < -0.39 is 66.4 Å². The molecule has 0 heterocycles. The van der Waals surface area contributed by atoms with Crippen molar-refractivity contribution >= 4 is 54.7 Å². The average molecular weight is 441 g/mol. The van der Waals surface area contributed by atoms with Crippen LogP contribution >= 0.6 is 25.3 Å². The van der Waals surface area contributed by atoms with Crippen LogP contribution < -0.4 is 21.7 Å². The summed E-state index contributed by atoms with van der Waals surface area (Å²) >= 11 is 7.79. The molecule has 0 aromatic rings. The van der Waals surface area contributed by atoms with Crippen LogP contribution in [0.15, 0.2) is 0 Å². The van der Waals surface area contributed by atoms with Crippen molar-refractivity contribution in [2.45, 2.75) is 37.2 Å². The van der Waals surface area contributed by atoms with E-state index in [0.717, 1.165) is 0 Å². The minimum Gasteiger partial charge on any atom is -0.465 e. The monoisotopic (exact) mass is 440 g/mol. The van der Waals surface area contributed by atoms with Gasteiger partial charge in [0.15, 0.2) is 0 Å². The van der Waals surface area contributed by atoms with E-state index in [1.54, 1.807) is 5.32 Å². The van der Waals surface area contributed by atoms with Crippen molar-refractivity contribution in [3.8, 4) is 0 Å². The lowest BCUT2D eigenvalue weighted by Gasteiger charge is -2.23. The molecule has 14 heteroatoms. The van der Waals surface area contributed by atoms with Gasteiger partial charge in [0.1, 0.15) is 24.2 Å². The summed E-state index contributed by atoms with van der Waals surface area (Å²) < 4.78 is 0. The topological polar surface area (TPSA) is 208 Å². The zero-order valence-electron chi connectivity index (χ0n) is 14.9. The van der Waals surface area contributed by atoms with Crippen molar-refractivity contribution in [2.24, 2.45) is 5.73 Å². The van der Waals surface area contributed by atoms with Gasteiger partial charge in [-0.25, -0.2) is 4.79 Å². The average Bonchev–Trinajstić information content (AvgIpc) is 2.65. The van der Waals surface area contributed by atoms with Crippen LogP contribution in [-0.2, 0) is 19.2 Å². The molecule has 0 saturated carbocycles. The summed E-state index contributed by atoms with van der Waals surface area (Å²) in [6.07, 6.45) is -2.80. The largest absolute Gasteiger partial charge is 0.465 e. The highest BCUT2D eigenvalue weighted by atomic mass is 32.1. The summed E-state index contributed by atoms with van der Waals surface area (Å²) in [5.74, 6) is -4.69. The van der Waals surface area contributed by atoms with Gasteiger partial charge in [-0.2, -0.15) is 25.3 Å². The third-order valence-corrected chi connectivity index (χ3v) is 4.22. The van der Waals surface area contributed by atoms with E-state index in [-0.39, 0.29) is 11.5 Å². The number of aliphatic hydroxyl groups is 2. The lowest BCUT2D eigenvalue weighted by Crippen LogP contribution is -2.58. The highest BCUT2D eigenvalue weighted by molar-refractivity contribution is 7.80. The first-order chi connectivity index (χ1) is 13.0. The van der Waals surface area contributed by atoms with Crippen molar-refractivity contribution in [1.29, 1.82) is 0 Å². The number of nitrogens with two attached hydrogens (primary N) is 1. The molecular formula is C14H24N4O8S2. The van der Waals surface area contributed by atoms with Crippen molar-refractivity contribution < 1.29 is 39.3 Å². The molecule has 0 aromatic carbocycles. The molecule has 5 atom stereocenters. The van der Waals surface area contributed by atoms with Crippen LogP contribution in [0.4, 0.5) is 4.79 Å². The number of hydrogen-bond donors (Lipinski definition) is 9. The molecule has 0 fully saturated rings. The summed E-state index contributed by atoms with van der Waals surface area (Å²) in [5, 5.41) is 33.1. The molecule has 0 aliphatic carbocycles. The van der Waals surface area contributed by atoms with Crippen LogP contribution in [0.5, 0.6) is 0 Å². The number of rotatable bonds is 12. The maximum absolute atomic E-state index is 12.3. The molecular weight excluding hydrogens is 416 g/mol. The molecule has 3 amide bonds. The van der Waals surface area contributed by atoms with Gasteiger partial charge >= 0.3 is 6.09 Å². The Balaban J connectivity index is 5.12. The van der Waals surface area contributed by atoms with Gasteiger partial charge in [0.05, 0.1) is 12.7 Å². The Kier molecular flexibility index (Phi) is 11.7. The van der Waals surface area contributed by atoms with E-state index in [9.17, 15) is 29.1 Å². The van der Waals surface area contributed by atoms with Crippen molar-refractivity contribution in [1.82, 2.24) is 16.0 Å². The summed E-state index contributed by atoms with van der Waals surface area (Å²) in [6, 6.07) is -5.69. The van der Waals surface area contributed by atoms with E-state index in [1.165, 1.54) is 6.92 Å². The molecule has 12 nitrogen and oxygen atoms in total. The Morgan fingerprint density at radius 3 is 1.75 bits per heavy atom. The molecule has 0 radical (unpaired) electrons. The lowest BCUT2D eigenvalue weighted by molar-refractivity contribution is -0.140. The lowest BCUT2D eigenvalue weighted by atomic mass is 10.0. The number of thiol groups is 2. The standard InChI is InChI=1S/C14H24N4O8S2/c1-5(20)9(15)13(24)17-8(4-28)12(23)16-7(3-27)11(22)10(21)6(2-19)18-14(25)26/h5-9,18-20,27-28H,2-4,15H2,1H3,(H,16,23)(H,17,24)(H,25,26)/t5-,6+,7?,8?,9+/m1/s1. The van der Waals surface area contributed by atoms with Crippen LogP contribution in [0.2, 0.25) is 0 Å². The van der Waals surface area contributed by atoms with E-state index in [0.29, 0.717) is 0 Å². The highest BCUT2D eigenvalue weighted by Gasteiger charge is 2.34. The molecule has 0 rings (SSSR count). The first-order valence-electron chi connectivity index (χ1n) is 7.94. The third-order valence-electron chi connectivity index (χ3n) is 3.49. The van der Waals surface area contributed by atoms with Gasteiger partial charge in [-0.15, -0.1) is 0 Å². The Morgan fingerprint density at radius 1 is 0.893 bits per heavy atom. The van der Waals surface area contributed by atoms with Crippen LogP contribution in [0.1, 0.15) is 6.92 Å². The molecule has 2 unspecified atom stereocenters. The van der Waals surface area contributed by atoms with Gasteiger partial charge in [-0.3, -0.25) is 19.2 Å². The molecule has 160 valence electrons. The van der Waals surface area contributed by atoms with E-state index in [1.807, 2.05) is 0 Å². The van der Waals surface area contributed by atoms with Crippen LogP contribution in [0.3, 0.4) is 0 Å². The number of Topliss-reactive ketones (excluding diaryl/α,β-unsaturated/α-hetero) is 2. The van der Waals surface area contributed by atoms with Gasteiger partial charge in [0, 0.05) is 11.5 Å². The number of ketones is 2. The summed E-state index contributed by atoms with van der Waals surface area (Å²) in [5.41, 5.74) is 5.46. The van der Waals surface area contributed by atoms with E-state index in [2.05, 4.69) is 35.9 Å². The highest BCUT2D eigenvalue weighted by Crippen LogP contribution is 2.00. The second kappa shape index (κ2) is 12.6. The van der Waals surface area contributed by atoms with Crippen molar-refractivity contribution in [2.75, 3.05) is 18.1 Å². The molecule has 0 spiro atoms. The van der Waals surface area contributed by atoms with Gasteiger partial charge in [-0.1, -0.05) is 0 Å². The van der Waals surface area contributed by atoms with Crippen molar-refractivity contribution in [3.05, 3.63) is 0 Å². The third kappa shape index (κ3) is 8.02. The minimum atomic E-state index is -1.70. The maximum Gasteiger partial charge on any atom is 0.405 e. The smallest absolute Gasteiger partial charge is 0.405 e. The number of amides is 3. The normalized spacial score (nSPS) is 16.1. The minimum absolute atomic E-state index is 0.189. The fourth-order valence-electron chi connectivity index (χ4n) is 1.83. The summed E-state index contributed by atoms with van der Waals surface area (Å²) in [7, 11) is 0. The molecule has 0 aromatic heterocycles. The first kappa shape index (κ1) is 26.1. The van der Waals surface area contributed by atoms with Crippen LogP contribution in [-0.4, -0.2) is 93.2 Å². The molecule has 8 N–H and O–H groups in total. The summed E-state index contributed by atoms with van der Waals surface area (Å²) in [4.78, 5) is 59.0. The Hall–Kier alpha value is -1.87. The fraction of sp³-hybridized carbons (Fsp3) is 0.643. The van der Waals surface area contributed by atoms with Crippen LogP contribution in [0.25, 0.3) is 0 Å². The Morgan fingerprint density at radius 2 is 1.36 bits per heavy atom. The van der Waals surface area contributed by atoms with Gasteiger partial charge in [0.2, 0.25) is 23.4 Å². The number of carbonyl (C=O) groups is 5. The number of aliphatic hydroxyl groups excluding tert-OH is 2. The van der Waals surface area contributed by atoms with Crippen LogP contribution in [0, 0.1) is 0 Å². The molecule has 0 bridgehead atoms. The van der Waals surface area contributed by atoms with E-state index in [4.69, 9.17) is 15.9 Å². The SMILES string of the molecule is C[C@@H](O)[C@H](N)C(=O)NC(CS)C(=O)NC(CS)C(=O)C(=O)[C@H](CO)NC(=O)O. The zero-order chi connectivity index (χ0) is 22.0. The van der Waals surface area contributed by atoms with Gasteiger partial charge in [0.25, 0.3) is 0 Å². The second-order valence-electron chi connectivity index (χ2n) is 5.67. The number of hydrogen-bond acceptors (Lipinski definition) is 10. The number of carbonyl (C=O) groups excluding carboxylic acids is 4. The number of carboxylic acid groups (broad SMARTS) is 1. The maximum atomic E-state index is 12.3. The quantitative estimate of drug-likeness (QED) is 0.108. The Bertz CT molecular complexity index is 604. The molecule has 0 aliphatic heterocycles. The van der Waals surface area contributed by atoms with E-state index >= 15 is 0 Å². The Labute approximate surface area is 171 Å². The fourth-order valence-corrected chi connectivity index (χ4v) is 2.35. The predicted molar refractivity (Wildman–Crippen MR) is 103 cm³/mol. The van der Waals surface area contributed by atoms with Gasteiger partial charge < -0.3 is 37.0 Å². The number of nitrogens with one attached hydrogen (secondary N) is 3. The summed E-state index contributed by atoms with van der Waals surface area (Å²) in [6.45, 7) is 0.320. The first-order valence-corrected chi connectivity index (χ1v) is 9.21. The second-order valence-corrected chi connectivity index (χ2v) is 6.40. The van der Waals surface area contributed by atoms with Crippen molar-refractivity contribution in [3.63, 3.8) is 0 Å². The molecule has 28 heavy (non-hydrogen) atoms. The molecule has 0 saturated heterocycles. The zero-order valence-corrected chi connectivity index (χ0v) is 16.7.